The summed E-state index contributed by atoms with van der Waals surface area (Å²) in [6.07, 6.45) is -0.860. The number of aromatic nitrogens is 3. The summed E-state index contributed by atoms with van der Waals surface area (Å²) in [7, 11) is 0. The van der Waals surface area contributed by atoms with Gasteiger partial charge in [-0.2, -0.15) is 0 Å². The third-order valence-electron chi connectivity index (χ3n) is 3.71. The van der Waals surface area contributed by atoms with Gasteiger partial charge in [0.05, 0.1) is 28.7 Å². The molecule has 0 N–H and O–H groups in total. The average molecular weight is 346 g/mol. The Morgan fingerprint density at radius 1 is 1.16 bits per heavy atom. The number of hydrogen-bond donors (Lipinski definition) is 0. The van der Waals surface area contributed by atoms with Gasteiger partial charge in [0.25, 0.3) is 5.91 Å². The number of alkyl halides is 3. The SMILES string of the molecule is O=C1Cc2nccc(Oc3ccc4c(c3)ncn4C(F)(F)F)c2C=N1. The van der Waals surface area contributed by atoms with Crippen molar-refractivity contribution in [3.8, 4) is 11.5 Å². The number of pyridine rings is 1. The van der Waals surface area contributed by atoms with Gasteiger partial charge in [0.1, 0.15) is 17.8 Å². The quantitative estimate of drug-likeness (QED) is 0.714. The number of hydrogen-bond acceptors (Lipinski definition) is 4. The maximum atomic E-state index is 12.9. The lowest BCUT2D eigenvalue weighted by atomic mass is 10.1. The zero-order chi connectivity index (χ0) is 17.6. The maximum Gasteiger partial charge on any atom is 0.490 e. The van der Waals surface area contributed by atoms with Crippen molar-refractivity contribution in [2.24, 2.45) is 4.99 Å². The minimum atomic E-state index is -4.54. The number of benzene rings is 1. The fourth-order valence-corrected chi connectivity index (χ4v) is 2.57. The molecule has 4 rings (SSSR count). The third kappa shape index (κ3) is 2.73. The van der Waals surface area contributed by atoms with Crippen LogP contribution in [0.4, 0.5) is 13.2 Å². The van der Waals surface area contributed by atoms with E-state index in [0.29, 0.717) is 22.8 Å². The smallest absolute Gasteiger partial charge is 0.456 e. The molecule has 126 valence electrons. The van der Waals surface area contributed by atoms with Gasteiger partial charge < -0.3 is 4.74 Å². The Hall–Kier alpha value is -3.23. The van der Waals surface area contributed by atoms with Gasteiger partial charge in [0.15, 0.2) is 0 Å². The summed E-state index contributed by atoms with van der Waals surface area (Å²) in [6.45, 7) is 0. The largest absolute Gasteiger partial charge is 0.490 e. The summed E-state index contributed by atoms with van der Waals surface area (Å²) >= 11 is 0. The Labute approximate surface area is 138 Å². The molecular weight excluding hydrogens is 337 g/mol. The normalized spacial score (nSPS) is 14.0. The molecule has 3 heterocycles. The van der Waals surface area contributed by atoms with Crippen LogP contribution in [0.2, 0.25) is 0 Å². The predicted octanol–water partition coefficient (Wildman–Crippen LogP) is 3.20. The molecule has 25 heavy (non-hydrogen) atoms. The van der Waals surface area contributed by atoms with E-state index in [0.717, 1.165) is 6.33 Å². The molecule has 2 aromatic heterocycles. The molecule has 1 aliphatic rings. The summed E-state index contributed by atoms with van der Waals surface area (Å²) < 4.78 is 44.5. The first kappa shape index (κ1) is 15.3. The highest BCUT2D eigenvalue weighted by molar-refractivity contribution is 5.99. The molecule has 0 saturated carbocycles. The lowest BCUT2D eigenvalue weighted by Gasteiger charge is -2.13. The van der Waals surface area contributed by atoms with Crippen LogP contribution in [-0.4, -0.2) is 26.7 Å². The maximum absolute atomic E-state index is 12.9. The van der Waals surface area contributed by atoms with Gasteiger partial charge in [-0.25, -0.2) is 14.5 Å². The summed E-state index contributed by atoms with van der Waals surface area (Å²) in [5, 5.41) is 0. The number of fused-ring (bicyclic) bond motifs is 2. The van der Waals surface area contributed by atoms with E-state index >= 15 is 0 Å². The van der Waals surface area contributed by atoms with Crippen LogP contribution >= 0.6 is 0 Å². The van der Waals surface area contributed by atoms with Gasteiger partial charge >= 0.3 is 6.30 Å². The number of halogens is 3. The van der Waals surface area contributed by atoms with Crippen molar-refractivity contribution in [2.75, 3.05) is 0 Å². The minimum Gasteiger partial charge on any atom is -0.456 e. The van der Waals surface area contributed by atoms with Crippen molar-refractivity contribution in [3.05, 3.63) is 48.0 Å². The van der Waals surface area contributed by atoms with Gasteiger partial charge in [-0.1, -0.05) is 0 Å². The number of carbonyl (C=O) groups is 1. The second-order valence-corrected chi connectivity index (χ2v) is 5.33. The van der Waals surface area contributed by atoms with E-state index in [1.54, 1.807) is 6.07 Å². The summed E-state index contributed by atoms with van der Waals surface area (Å²) in [5.74, 6) is 0.436. The highest BCUT2D eigenvalue weighted by atomic mass is 19.4. The molecule has 0 bridgehead atoms. The van der Waals surface area contributed by atoms with Crippen molar-refractivity contribution in [3.63, 3.8) is 0 Å². The Bertz CT molecular complexity index is 1020. The van der Waals surface area contributed by atoms with Crippen molar-refractivity contribution in [1.82, 2.24) is 14.5 Å². The van der Waals surface area contributed by atoms with Crippen LogP contribution in [0.15, 0.2) is 41.8 Å². The lowest BCUT2D eigenvalue weighted by Crippen LogP contribution is -2.14. The molecule has 0 saturated heterocycles. The second kappa shape index (κ2) is 5.40. The van der Waals surface area contributed by atoms with E-state index in [-0.39, 0.29) is 27.9 Å². The molecule has 0 aliphatic carbocycles. The molecule has 0 fully saturated rings. The molecule has 1 aliphatic heterocycles. The van der Waals surface area contributed by atoms with Crippen LogP contribution in [0.5, 0.6) is 11.5 Å². The van der Waals surface area contributed by atoms with Gasteiger partial charge in [-0.3, -0.25) is 9.78 Å². The zero-order valence-electron chi connectivity index (χ0n) is 12.5. The first-order valence-electron chi connectivity index (χ1n) is 7.19. The van der Waals surface area contributed by atoms with Crippen LogP contribution in [0.1, 0.15) is 11.3 Å². The molecule has 9 heteroatoms. The third-order valence-corrected chi connectivity index (χ3v) is 3.71. The van der Waals surface area contributed by atoms with E-state index in [1.807, 2.05) is 0 Å². The highest BCUT2D eigenvalue weighted by Crippen LogP contribution is 2.32. The van der Waals surface area contributed by atoms with Crippen molar-refractivity contribution < 1.29 is 22.7 Å². The van der Waals surface area contributed by atoms with E-state index < -0.39 is 6.30 Å². The molecule has 0 radical (unpaired) electrons. The summed E-state index contributed by atoms with van der Waals surface area (Å²) in [5.41, 5.74) is 1.20. The second-order valence-electron chi connectivity index (χ2n) is 5.33. The van der Waals surface area contributed by atoms with Gasteiger partial charge in [-0.15, -0.1) is 13.2 Å². The van der Waals surface area contributed by atoms with Crippen LogP contribution < -0.4 is 4.74 Å². The lowest BCUT2D eigenvalue weighted by molar-refractivity contribution is -0.201. The number of aliphatic imine (C=N–C) groups is 1. The van der Waals surface area contributed by atoms with E-state index in [1.165, 1.54) is 30.6 Å². The monoisotopic (exact) mass is 346 g/mol. The fraction of sp³-hybridized carbons (Fsp3) is 0.125. The van der Waals surface area contributed by atoms with Crippen LogP contribution in [0, 0.1) is 0 Å². The number of nitrogens with zero attached hydrogens (tertiary/aromatic N) is 4. The summed E-state index contributed by atoms with van der Waals surface area (Å²) in [4.78, 5) is 23.0. The number of ether oxygens (including phenoxy) is 1. The zero-order valence-corrected chi connectivity index (χ0v) is 12.5. The van der Waals surface area contributed by atoms with Crippen molar-refractivity contribution in [1.29, 1.82) is 0 Å². The molecule has 0 unspecified atom stereocenters. The molecule has 1 aromatic carbocycles. The molecular formula is C16H9F3N4O2. The molecule has 0 atom stereocenters. The first-order chi connectivity index (χ1) is 11.9. The fourth-order valence-electron chi connectivity index (χ4n) is 2.57. The minimum absolute atomic E-state index is 0.0660. The average Bonchev–Trinajstić information content (AvgIpc) is 2.98. The molecule has 1 amide bonds. The number of amides is 1. The highest BCUT2D eigenvalue weighted by Gasteiger charge is 2.32. The number of rotatable bonds is 2. The van der Waals surface area contributed by atoms with Gasteiger partial charge in [0.2, 0.25) is 0 Å². The van der Waals surface area contributed by atoms with Crippen molar-refractivity contribution >= 4 is 23.2 Å². The Morgan fingerprint density at radius 2 is 2.00 bits per heavy atom. The Balaban J connectivity index is 1.70. The summed E-state index contributed by atoms with van der Waals surface area (Å²) in [6, 6.07) is 5.72. The van der Waals surface area contributed by atoms with Crippen LogP contribution in [0.3, 0.4) is 0 Å². The van der Waals surface area contributed by atoms with E-state index in [9.17, 15) is 18.0 Å². The molecule has 3 aromatic rings. The standard InChI is InChI=1S/C16H9F3N4O2/c17-16(18,19)23-8-22-12-5-9(1-2-13(12)23)25-14-3-4-20-11-6-15(24)21-7-10(11)14/h1-5,7-8H,6H2. The van der Waals surface area contributed by atoms with E-state index in [2.05, 4.69) is 15.0 Å². The van der Waals surface area contributed by atoms with Gasteiger partial charge in [-0.05, 0) is 18.2 Å². The number of carbonyl (C=O) groups excluding carboxylic acids is 1. The van der Waals surface area contributed by atoms with Crippen LogP contribution in [0.25, 0.3) is 11.0 Å². The predicted molar refractivity (Wildman–Crippen MR) is 81.6 cm³/mol. The molecule has 6 nitrogen and oxygen atoms in total. The topological polar surface area (TPSA) is 69.4 Å². The number of imidazole rings is 1. The van der Waals surface area contributed by atoms with E-state index in [4.69, 9.17) is 4.74 Å². The first-order valence-corrected chi connectivity index (χ1v) is 7.19. The van der Waals surface area contributed by atoms with Crippen molar-refractivity contribution in [2.45, 2.75) is 12.7 Å². The molecule has 0 spiro atoms. The van der Waals surface area contributed by atoms with Gasteiger partial charge in [0, 0.05) is 18.5 Å². The Kier molecular flexibility index (Phi) is 3.31. The Morgan fingerprint density at radius 3 is 2.80 bits per heavy atom. The van der Waals surface area contributed by atoms with Crippen LogP contribution in [-0.2, 0) is 17.5 Å².